The highest BCUT2D eigenvalue weighted by molar-refractivity contribution is 5.54. The highest BCUT2D eigenvalue weighted by Gasteiger charge is 2.18. The van der Waals surface area contributed by atoms with Gasteiger partial charge in [-0.25, -0.2) is 0 Å². The number of benzene rings is 1. The van der Waals surface area contributed by atoms with Gasteiger partial charge in [0.05, 0.1) is 0 Å². The highest BCUT2D eigenvalue weighted by atomic mass is 15.2. The maximum atomic E-state index is 3.73. The van der Waals surface area contributed by atoms with Crippen LogP contribution in [0.1, 0.15) is 51.5 Å². The van der Waals surface area contributed by atoms with Crippen molar-refractivity contribution in [3.63, 3.8) is 0 Å². The van der Waals surface area contributed by atoms with Gasteiger partial charge in [0.25, 0.3) is 0 Å². The molecule has 2 heteroatoms. The summed E-state index contributed by atoms with van der Waals surface area (Å²) in [4.78, 5) is 2.62. The fourth-order valence-corrected chi connectivity index (χ4v) is 3.18. The number of nitrogens with one attached hydrogen (secondary N) is 1. The molecule has 0 spiro atoms. The average Bonchev–Trinajstić information content (AvgIpc) is 2.68. The van der Waals surface area contributed by atoms with Crippen molar-refractivity contribution in [2.75, 3.05) is 24.5 Å². The lowest BCUT2D eigenvalue weighted by Gasteiger charge is -2.30. The normalized spacial score (nSPS) is 16.6. The Hall–Kier alpha value is -1.02. The number of rotatable bonds is 7. The van der Waals surface area contributed by atoms with E-state index in [-0.39, 0.29) is 0 Å². The van der Waals surface area contributed by atoms with Gasteiger partial charge in [-0.3, -0.25) is 0 Å². The summed E-state index contributed by atoms with van der Waals surface area (Å²) in [5.41, 5.74) is 3.01. The summed E-state index contributed by atoms with van der Waals surface area (Å²) in [5.74, 6) is 0. The van der Waals surface area contributed by atoms with Crippen LogP contribution in [-0.4, -0.2) is 25.7 Å². The molecule has 1 unspecified atom stereocenters. The molecule has 0 aliphatic carbocycles. The molecule has 0 radical (unpaired) electrons. The second-order valence-corrected chi connectivity index (χ2v) is 5.97. The van der Waals surface area contributed by atoms with Gasteiger partial charge in [-0.05, 0) is 50.3 Å². The largest absolute Gasteiger partial charge is 0.370 e. The minimum atomic E-state index is 0.631. The molecule has 1 atom stereocenters. The molecule has 1 aliphatic heterocycles. The van der Waals surface area contributed by atoms with E-state index in [9.17, 15) is 0 Å². The first-order valence-corrected chi connectivity index (χ1v) is 8.41. The summed E-state index contributed by atoms with van der Waals surface area (Å²) in [7, 11) is 0. The third kappa shape index (κ3) is 4.24. The smallest absolute Gasteiger partial charge is 0.0399 e. The molecule has 1 aromatic rings. The van der Waals surface area contributed by atoms with Crippen molar-refractivity contribution in [1.82, 2.24) is 5.32 Å². The van der Waals surface area contributed by atoms with Gasteiger partial charge in [0.2, 0.25) is 0 Å². The Bertz CT molecular complexity index is 389. The molecule has 1 N–H and O–H groups in total. The van der Waals surface area contributed by atoms with E-state index in [1.54, 1.807) is 0 Å². The van der Waals surface area contributed by atoms with Gasteiger partial charge in [0.1, 0.15) is 0 Å². The van der Waals surface area contributed by atoms with Crippen LogP contribution in [0, 0.1) is 0 Å². The first kappa shape index (κ1) is 15.4. The molecule has 1 aliphatic rings. The molecular formula is C18H30N2. The van der Waals surface area contributed by atoms with Crippen LogP contribution >= 0.6 is 0 Å². The molecule has 112 valence electrons. The summed E-state index contributed by atoms with van der Waals surface area (Å²) in [6.07, 6.45) is 7.65. The molecule has 1 heterocycles. The van der Waals surface area contributed by atoms with Crippen LogP contribution in [0.2, 0.25) is 0 Å². The van der Waals surface area contributed by atoms with Crippen molar-refractivity contribution in [3.8, 4) is 0 Å². The molecule has 2 rings (SSSR count). The van der Waals surface area contributed by atoms with Crippen LogP contribution in [0.25, 0.3) is 0 Å². The van der Waals surface area contributed by atoms with Gasteiger partial charge >= 0.3 is 0 Å². The molecule has 0 saturated carbocycles. The Labute approximate surface area is 124 Å². The van der Waals surface area contributed by atoms with E-state index in [0.29, 0.717) is 6.04 Å². The molecule has 0 aromatic heterocycles. The molecule has 0 amide bonds. The quantitative estimate of drug-likeness (QED) is 0.808. The third-order valence-electron chi connectivity index (χ3n) is 4.22. The van der Waals surface area contributed by atoms with Crippen LogP contribution in [0.3, 0.4) is 0 Å². The van der Waals surface area contributed by atoms with E-state index in [0.717, 1.165) is 13.1 Å². The number of para-hydroxylation sites is 1. The first-order chi connectivity index (χ1) is 9.85. The van der Waals surface area contributed by atoms with Crippen LogP contribution in [0.15, 0.2) is 24.3 Å². The molecular weight excluding hydrogens is 244 g/mol. The number of anilines is 1. The fourth-order valence-electron chi connectivity index (χ4n) is 3.18. The average molecular weight is 274 g/mol. The van der Waals surface area contributed by atoms with Gasteiger partial charge in [-0.15, -0.1) is 0 Å². The standard InChI is InChI=1S/C18H30N2/c1-3-9-17(19-13-4-2)15-20-14-8-7-11-16-10-5-6-12-18(16)20/h5-6,10,12,17,19H,3-4,7-9,11,13-15H2,1-2H3. The predicted molar refractivity (Wildman–Crippen MR) is 88.6 cm³/mol. The maximum absolute atomic E-state index is 3.73. The van der Waals surface area contributed by atoms with E-state index >= 15 is 0 Å². The Morgan fingerprint density at radius 1 is 1.15 bits per heavy atom. The molecule has 1 aromatic carbocycles. The van der Waals surface area contributed by atoms with Crippen LogP contribution in [0.4, 0.5) is 5.69 Å². The lowest BCUT2D eigenvalue weighted by atomic mass is 10.1. The number of aryl methyl sites for hydroxylation is 1. The Morgan fingerprint density at radius 3 is 2.80 bits per heavy atom. The predicted octanol–water partition coefficient (Wildman–Crippen LogP) is 4.00. The van der Waals surface area contributed by atoms with Crippen LogP contribution < -0.4 is 10.2 Å². The lowest BCUT2D eigenvalue weighted by Crippen LogP contribution is -2.42. The maximum Gasteiger partial charge on any atom is 0.0399 e. The Balaban J connectivity index is 2.06. The Kier molecular flexibility index (Phi) is 6.38. The second kappa shape index (κ2) is 8.31. The van der Waals surface area contributed by atoms with E-state index in [4.69, 9.17) is 0 Å². The Morgan fingerprint density at radius 2 is 2.00 bits per heavy atom. The van der Waals surface area contributed by atoms with E-state index in [1.807, 2.05) is 0 Å². The molecule has 2 nitrogen and oxygen atoms in total. The number of hydrogen-bond acceptors (Lipinski definition) is 2. The second-order valence-electron chi connectivity index (χ2n) is 5.97. The van der Waals surface area contributed by atoms with Gasteiger partial charge in [-0.2, -0.15) is 0 Å². The van der Waals surface area contributed by atoms with Crippen molar-refractivity contribution in [1.29, 1.82) is 0 Å². The third-order valence-corrected chi connectivity index (χ3v) is 4.22. The van der Waals surface area contributed by atoms with Gasteiger partial charge in [0, 0.05) is 24.8 Å². The fraction of sp³-hybridized carbons (Fsp3) is 0.667. The number of nitrogens with zero attached hydrogens (tertiary/aromatic N) is 1. The highest BCUT2D eigenvalue weighted by Crippen LogP contribution is 2.26. The van der Waals surface area contributed by atoms with Crippen molar-refractivity contribution < 1.29 is 0 Å². The summed E-state index contributed by atoms with van der Waals surface area (Å²) >= 11 is 0. The van der Waals surface area contributed by atoms with Crippen molar-refractivity contribution in [3.05, 3.63) is 29.8 Å². The lowest BCUT2D eigenvalue weighted by molar-refractivity contribution is 0.467. The zero-order valence-electron chi connectivity index (χ0n) is 13.2. The van der Waals surface area contributed by atoms with Crippen LogP contribution in [-0.2, 0) is 6.42 Å². The SMILES string of the molecule is CCCNC(CCC)CN1CCCCc2ccccc21. The van der Waals surface area contributed by atoms with Crippen molar-refractivity contribution in [2.45, 2.75) is 58.4 Å². The molecule has 20 heavy (non-hydrogen) atoms. The first-order valence-electron chi connectivity index (χ1n) is 8.41. The summed E-state index contributed by atoms with van der Waals surface area (Å²) in [5, 5.41) is 3.73. The molecule has 0 saturated heterocycles. The summed E-state index contributed by atoms with van der Waals surface area (Å²) < 4.78 is 0. The van der Waals surface area contributed by atoms with Crippen LogP contribution in [0.5, 0.6) is 0 Å². The summed E-state index contributed by atoms with van der Waals surface area (Å²) in [6, 6.07) is 9.61. The van der Waals surface area contributed by atoms with E-state index < -0.39 is 0 Å². The zero-order valence-corrected chi connectivity index (χ0v) is 13.2. The monoisotopic (exact) mass is 274 g/mol. The van der Waals surface area contributed by atoms with Gasteiger partial charge in [0.15, 0.2) is 0 Å². The zero-order chi connectivity index (χ0) is 14.2. The minimum Gasteiger partial charge on any atom is -0.370 e. The molecule has 0 bridgehead atoms. The van der Waals surface area contributed by atoms with Crippen molar-refractivity contribution >= 4 is 5.69 Å². The van der Waals surface area contributed by atoms with Gasteiger partial charge < -0.3 is 10.2 Å². The van der Waals surface area contributed by atoms with Crippen molar-refractivity contribution in [2.24, 2.45) is 0 Å². The topological polar surface area (TPSA) is 15.3 Å². The van der Waals surface area contributed by atoms with E-state index in [1.165, 1.54) is 56.3 Å². The van der Waals surface area contributed by atoms with Gasteiger partial charge in [-0.1, -0.05) is 38.5 Å². The number of hydrogen-bond donors (Lipinski definition) is 1. The van der Waals surface area contributed by atoms with E-state index in [2.05, 4.69) is 48.3 Å². The minimum absolute atomic E-state index is 0.631. The molecule has 0 fully saturated rings. The summed E-state index contributed by atoms with van der Waals surface area (Å²) in [6.45, 7) is 8.05. The number of fused-ring (bicyclic) bond motifs is 1.